The summed E-state index contributed by atoms with van der Waals surface area (Å²) in [4.78, 5) is 34.1. The number of rotatable bonds is 7. The summed E-state index contributed by atoms with van der Waals surface area (Å²) in [6.45, 7) is 1.22. The number of aromatic hydroxyl groups is 1. The van der Waals surface area contributed by atoms with E-state index in [1.54, 1.807) is 24.7 Å². The second-order valence-corrected chi connectivity index (χ2v) is 5.35. The van der Waals surface area contributed by atoms with E-state index >= 15 is 0 Å². The quantitative estimate of drug-likeness (QED) is 0.481. The largest absolute Gasteiger partial charge is 0.494 e. The zero-order valence-corrected chi connectivity index (χ0v) is 13.3. The second kappa shape index (κ2) is 7.47. The zero-order valence-electron chi connectivity index (χ0n) is 13.3. The average molecular weight is 343 g/mol. The van der Waals surface area contributed by atoms with Crippen molar-refractivity contribution in [3.63, 3.8) is 0 Å². The molecule has 0 saturated carbocycles. The molecule has 0 radical (unpaired) electrons. The summed E-state index contributed by atoms with van der Waals surface area (Å²) in [5.41, 5.74) is -1.46. The summed E-state index contributed by atoms with van der Waals surface area (Å²) in [6, 6.07) is 3.34. The van der Waals surface area contributed by atoms with Gasteiger partial charge in [-0.2, -0.15) is 0 Å². The molecule has 25 heavy (non-hydrogen) atoms. The standard InChI is InChI=1S/C16H17N5O4/c22-14-13(9-17-4-2-6-20-7-5-18-11-20)15(23)21(16(24)19-14)10-12-3-1-8-25-12/h1,3,5,7-9,11,23H,2,4,6,10H2,(H,19,22,24). The first-order valence-electron chi connectivity index (χ1n) is 7.69. The molecule has 3 aromatic rings. The fraction of sp³-hybridized carbons (Fsp3) is 0.250. The van der Waals surface area contributed by atoms with Gasteiger partial charge in [-0.05, 0) is 18.6 Å². The van der Waals surface area contributed by atoms with Crippen molar-refractivity contribution >= 4 is 6.21 Å². The number of furan rings is 1. The first-order chi connectivity index (χ1) is 12.1. The summed E-state index contributed by atoms with van der Waals surface area (Å²) in [5.74, 6) is 0.0381. The molecule has 0 aliphatic heterocycles. The van der Waals surface area contributed by atoms with Crippen LogP contribution in [0.3, 0.4) is 0 Å². The van der Waals surface area contributed by atoms with Gasteiger partial charge < -0.3 is 14.1 Å². The van der Waals surface area contributed by atoms with Gasteiger partial charge in [0, 0.05) is 31.7 Å². The van der Waals surface area contributed by atoms with Gasteiger partial charge in [0.1, 0.15) is 11.3 Å². The number of H-pyrrole nitrogens is 1. The maximum absolute atomic E-state index is 11.9. The fourth-order valence-corrected chi connectivity index (χ4v) is 2.32. The third kappa shape index (κ3) is 3.94. The molecule has 0 atom stereocenters. The highest BCUT2D eigenvalue weighted by molar-refractivity contribution is 5.81. The highest BCUT2D eigenvalue weighted by atomic mass is 16.3. The molecule has 9 nitrogen and oxygen atoms in total. The van der Waals surface area contributed by atoms with Gasteiger partial charge in [-0.25, -0.2) is 9.78 Å². The lowest BCUT2D eigenvalue weighted by atomic mass is 10.3. The van der Waals surface area contributed by atoms with Crippen molar-refractivity contribution in [2.24, 2.45) is 4.99 Å². The van der Waals surface area contributed by atoms with Gasteiger partial charge in [-0.1, -0.05) is 0 Å². The minimum Gasteiger partial charge on any atom is -0.494 e. The molecule has 0 fully saturated rings. The Morgan fingerprint density at radius 2 is 2.28 bits per heavy atom. The van der Waals surface area contributed by atoms with Crippen LogP contribution in [0, 0.1) is 0 Å². The topological polar surface area (TPSA) is 118 Å². The number of hydrogen-bond acceptors (Lipinski definition) is 6. The zero-order chi connectivity index (χ0) is 17.6. The number of imidazole rings is 1. The van der Waals surface area contributed by atoms with Crippen LogP contribution in [0.5, 0.6) is 5.88 Å². The Labute approximate surface area is 141 Å². The van der Waals surface area contributed by atoms with Crippen LogP contribution in [0.4, 0.5) is 0 Å². The monoisotopic (exact) mass is 343 g/mol. The number of aromatic amines is 1. The molecule has 0 aromatic carbocycles. The molecule has 2 N–H and O–H groups in total. The Balaban J connectivity index is 1.72. The Bertz CT molecular complexity index is 952. The molecule has 0 aliphatic rings. The van der Waals surface area contributed by atoms with Crippen molar-refractivity contribution in [3.8, 4) is 5.88 Å². The van der Waals surface area contributed by atoms with Crippen molar-refractivity contribution in [3.05, 3.63) is 69.3 Å². The predicted octanol–water partition coefficient (Wildman–Crippen LogP) is 0.589. The van der Waals surface area contributed by atoms with Crippen molar-refractivity contribution in [1.82, 2.24) is 19.1 Å². The molecule has 0 aliphatic carbocycles. The van der Waals surface area contributed by atoms with Gasteiger partial charge in [0.15, 0.2) is 0 Å². The van der Waals surface area contributed by atoms with Gasteiger partial charge in [0.05, 0.1) is 19.1 Å². The number of aliphatic imine (C=N–C) groups is 1. The molecular formula is C16H17N5O4. The summed E-state index contributed by atoms with van der Waals surface area (Å²) in [6.07, 6.45) is 8.75. The highest BCUT2D eigenvalue weighted by Crippen LogP contribution is 2.11. The number of nitrogens with zero attached hydrogens (tertiary/aromatic N) is 4. The second-order valence-electron chi connectivity index (χ2n) is 5.35. The maximum atomic E-state index is 11.9. The third-order valence-electron chi connectivity index (χ3n) is 3.58. The number of hydrogen-bond donors (Lipinski definition) is 2. The van der Waals surface area contributed by atoms with Gasteiger partial charge in [-0.3, -0.25) is 19.3 Å². The molecule has 3 aromatic heterocycles. The fourth-order valence-electron chi connectivity index (χ4n) is 2.32. The van der Waals surface area contributed by atoms with E-state index in [0.717, 1.165) is 17.5 Å². The van der Waals surface area contributed by atoms with Gasteiger partial charge in [0.25, 0.3) is 5.56 Å². The molecule has 0 saturated heterocycles. The van der Waals surface area contributed by atoms with Crippen LogP contribution >= 0.6 is 0 Å². The third-order valence-corrected chi connectivity index (χ3v) is 3.58. The maximum Gasteiger partial charge on any atom is 0.331 e. The van der Waals surface area contributed by atoms with E-state index in [0.29, 0.717) is 12.3 Å². The summed E-state index contributed by atoms with van der Waals surface area (Å²) in [5, 5.41) is 10.3. The predicted molar refractivity (Wildman–Crippen MR) is 90.1 cm³/mol. The lowest BCUT2D eigenvalue weighted by molar-refractivity contribution is 0.392. The Hall–Kier alpha value is -3.36. The molecule has 3 rings (SSSR count). The van der Waals surface area contributed by atoms with Crippen molar-refractivity contribution in [1.29, 1.82) is 0 Å². The van der Waals surface area contributed by atoms with Crippen LogP contribution in [0.1, 0.15) is 17.7 Å². The van der Waals surface area contributed by atoms with Crippen molar-refractivity contribution in [2.75, 3.05) is 6.54 Å². The van der Waals surface area contributed by atoms with E-state index in [1.165, 1.54) is 12.5 Å². The van der Waals surface area contributed by atoms with Crippen LogP contribution in [0.15, 0.2) is 56.1 Å². The first kappa shape index (κ1) is 16.5. The molecule has 0 unspecified atom stereocenters. The Morgan fingerprint density at radius 1 is 1.40 bits per heavy atom. The molecule has 3 heterocycles. The van der Waals surface area contributed by atoms with E-state index in [9.17, 15) is 14.7 Å². The van der Waals surface area contributed by atoms with Crippen molar-refractivity contribution < 1.29 is 9.52 Å². The number of nitrogens with one attached hydrogen (secondary N) is 1. The van der Waals surface area contributed by atoms with Crippen LogP contribution < -0.4 is 11.2 Å². The lowest BCUT2D eigenvalue weighted by Crippen LogP contribution is -2.32. The normalized spacial score (nSPS) is 11.4. The van der Waals surface area contributed by atoms with E-state index < -0.39 is 17.1 Å². The van der Waals surface area contributed by atoms with Crippen LogP contribution in [0.2, 0.25) is 0 Å². The van der Waals surface area contributed by atoms with E-state index in [-0.39, 0.29) is 12.1 Å². The van der Waals surface area contributed by atoms with Crippen molar-refractivity contribution in [2.45, 2.75) is 19.5 Å². The molecule has 9 heteroatoms. The summed E-state index contributed by atoms with van der Waals surface area (Å²) >= 11 is 0. The average Bonchev–Trinajstić information content (AvgIpc) is 3.27. The molecule has 0 amide bonds. The minimum absolute atomic E-state index is 0.00984. The minimum atomic E-state index is -0.712. The molecule has 0 bridgehead atoms. The Morgan fingerprint density at radius 3 is 3.00 bits per heavy atom. The van der Waals surface area contributed by atoms with Gasteiger partial charge in [-0.15, -0.1) is 0 Å². The summed E-state index contributed by atoms with van der Waals surface area (Å²) < 4.78 is 8.10. The van der Waals surface area contributed by atoms with Gasteiger partial charge >= 0.3 is 5.69 Å². The van der Waals surface area contributed by atoms with Gasteiger partial charge in [0.2, 0.25) is 5.88 Å². The highest BCUT2D eigenvalue weighted by Gasteiger charge is 2.13. The molecular weight excluding hydrogens is 326 g/mol. The number of aryl methyl sites for hydroxylation is 1. The lowest BCUT2D eigenvalue weighted by Gasteiger charge is -2.07. The number of aromatic nitrogens is 4. The van der Waals surface area contributed by atoms with Crippen LogP contribution in [-0.2, 0) is 13.1 Å². The smallest absolute Gasteiger partial charge is 0.331 e. The SMILES string of the molecule is O=c1[nH]c(=O)n(Cc2ccco2)c(O)c1C=NCCCn1ccnc1. The van der Waals surface area contributed by atoms with E-state index in [4.69, 9.17) is 4.42 Å². The Kier molecular flexibility index (Phi) is 4.93. The summed E-state index contributed by atoms with van der Waals surface area (Å²) in [7, 11) is 0. The molecule has 0 spiro atoms. The van der Waals surface area contributed by atoms with Crippen LogP contribution in [-0.4, -0.2) is 37.0 Å². The molecule has 130 valence electrons. The van der Waals surface area contributed by atoms with E-state index in [1.807, 2.05) is 10.8 Å². The van der Waals surface area contributed by atoms with E-state index in [2.05, 4.69) is 15.0 Å². The first-order valence-corrected chi connectivity index (χ1v) is 7.69. The van der Waals surface area contributed by atoms with Crippen LogP contribution in [0.25, 0.3) is 0 Å².